The molecule has 1 atom stereocenters. The van der Waals surface area contributed by atoms with Gasteiger partial charge in [0.2, 0.25) is 0 Å². The summed E-state index contributed by atoms with van der Waals surface area (Å²) in [4.78, 5) is 18.3. The average Bonchev–Trinajstić information content (AvgIpc) is 2.29. The zero-order valence-corrected chi connectivity index (χ0v) is 10.6. The predicted molar refractivity (Wildman–Crippen MR) is 68.2 cm³/mol. The number of hydrogen-bond acceptors (Lipinski definition) is 3. The van der Waals surface area contributed by atoms with Gasteiger partial charge >= 0.3 is 5.69 Å². The molecule has 1 unspecified atom stereocenters. The Hall–Kier alpha value is -1.16. The van der Waals surface area contributed by atoms with E-state index in [4.69, 9.17) is 0 Å². The van der Waals surface area contributed by atoms with Crippen LogP contribution in [-0.4, -0.2) is 23.1 Å². The number of aromatic amines is 1. The van der Waals surface area contributed by atoms with Gasteiger partial charge in [-0.1, -0.05) is 13.8 Å². The first-order valence-corrected chi connectivity index (χ1v) is 6.46. The fraction of sp³-hybridized carbons (Fsp3) is 0.692. The third-order valence-electron chi connectivity index (χ3n) is 3.32. The molecular formula is C13H21N3O. The Morgan fingerprint density at radius 3 is 3.00 bits per heavy atom. The van der Waals surface area contributed by atoms with Crippen molar-refractivity contribution in [3.63, 3.8) is 0 Å². The van der Waals surface area contributed by atoms with Crippen LogP contribution in [0.1, 0.15) is 44.0 Å². The van der Waals surface area contributed by atoms with Gasteiger partial charge in [0.25, 0.3) is 0 Å². The van der Waals surface area contributed by atoms with Gasteiger partial charge in [0.1, 0.15) is 0 Å². The molecule has 2 N–H and O–H groups in total. The Labute approximate surface area is 102 Å². The van der Waals surface area contributed by atoms with E-state index >= 15 is 0 Å². The van der Waals surface area contributed by atoms with Crippen molar-refractivity contribution >= 4 is 0 Å². The van der Waals surface area contributed by atoms with Crippen LogP contribution in [0, 0.1) is 5.92 Å². The Morgan fingerprint density at radius 2 is 2.35 bits per heavy atom. The van der Waals surface area contributed by atoms with Crippen molar-refractivity contribution in [3.05, 3.63) is 27.9 Å². The molecule has 1 aliphatic heterocycles. The molecule has 4 heteroatoms. The van der Waals surface area contributed by atoms with Crippen molar-refractivity contribution in [1.29, 1.82) is 0 Å². The summed E-state index contributed by atoms with van der Waals surface area (Å²) in [7, 11) is 0. The van der Waals surface area contributed by atoms with Crippen LogP contribution in [0.25, 0.3) is 0 Å². The van der Waals surface area contributed by atoms with Gasteiger partial charge in [0, 0.05) is 5.69 Å². The molecule has 0 aromatic carbocycles. The molecule has 94 valence electrons. The van der Waals surface area contributed by atoms with Crippen LogP contribution in [0.5, 0.6) is 0 Å². The molecule has 2 heterocycles. The summed E-state index contributed by atoms with van der Waals surface area (Å²) in [6, 6.07) is 2.04. The summed E-state index contributed by atoms with van der Waals surface area (Å²) >= 11 is 0. The van der Waals surface area contributed by atoms with Crippen LogP contribution in [-0.2, 0) is 6.42 Å². The van der Waals surface area contributed by atoms with Crippen molar-refractivity contribution in [1.82, 2.24) is 15.3 Å². The van der Waals surface area contributed by atoms with Gasteiger partial charge in [-0.3, -0.25) is 0 Å². The second-order valence-electron chi connectivity index (χ2n) is 5.21. The minimum Gasteiger partial charge on any atom is -0.316 e. The van der Waals surface area contributed by atoms with Crippen LogP contribution in [0.15, 0.2) is 10.9 Å². The zero-order chi connectivity index (χ0) is 12.3. The Bertz CT molecular complexity index is 419. The topological polar surface area (TPSA) is 57.8 Å². The Morgan fingerprint density at radius 1 is 1.53 bits per heavy atom. The highest BCUT2D eigenvalue weighted by molar-refractivity contribution is 5.12. The van der Waals surface area contributed by atoms with Crippen LogP contribution >= 0.6 is 0 Å². The molecule has 1 fully saturated rings. The molecule has 4 nitrogen and oxygen atoms in total. The summed E-state index contributed by atoms with van der Waals surface area (Å²) in [6.45, 7) is 6.31. The SMILES string of the molecule is CC(C)c1cc(CC2CCCNC2)[nH]c(=O)n1. The Balaban J connectivity index is 2.11. The zero-order valence-electron chi connectivity index (χ0n) is 10.6. The predicted octanol–water partition coefficient (Wildman–Crippen LogP) is 1.44. The van der Waals surface area contributed by atoms with Gasteiger partial charge in [0.15, 0.2) is 0 Å². The van der Waals surface area contributed by atoms with E-state index in [1.165, 1.54) is 12.8 Å². The highest BCUT2D eigenvalue weighted by atomic mass is 16.1. The van der Waals surface area contributed by atoms with E-state index in [1.54, 1.807) is 0 Å². The van der Waals surface area contributed by atoms with Crippen LogP contribution < -0.4 is 11.0 Å². The van der Waals surface area contributed by atoms with Crippen LogP contribution in [0.3, 0.4) is 0 Å². The van der Waals surface area contributed by atoms with E-state index < -0.39 is 0 Å². The molecule has 0 aliphatic carbocycles. The van der Waals surface area contributed by atoms with Crippen molar-refractivity contribution in [2.45, 2.75) is 39.0 Å². The molecule has 17 heavy (non-hydrogen) atoms. The minimum atomic E-state index is -0.213. The summed E-state index contributed by atoms with van der Waals surface area (Å²) in [6.07, 6.45) is 3.43. The van der Waals surface area contributed by atoms with Crippen LogP contribution in [0.4, 0.5) is 0 Å². The number of aromatic nitrogens is 2. The summed E-state index contributed by atoms with van der Waals surface area (Å²) in [5.74, 6) is 0.947. The normalized spacial score (nSPS) is 20.8. The van der Waals surface area contributed by atoms with E-state index in [2.05, 4.69) is 29.1 Å². The highest BCUT2D eigenvalue weighted by Crippen LogP contribution is 2.16. The largest absolute Gasteiger partial charge is 0.345 e. The van der Waals surface area contributed by atoms with E-state index in [1.807, 2.05) is 6.07 Å². The third-order valence-corrected chi connectivity index (χ3v) is 3.32. The molecular weight excluding hydrogens is 214 g/mol. The quantitative estimate of drug-likeness (QED) is 0.833. The van der Waals surface area contributed by atoms with Gasteiger partial charge in [-0.2, -0.15) is 4.98 Å². The van der Waals surface area contributed by atoms with Gasteiger partial charge in [-0.25, -0.2) is 4.79 Å². The maximum Gasteiger partial charge on any atom is 0.345 e. The molecule has 1 aliphatic rings. The first kappa shape index (κ1) is 12.3. The number of H-pyrrole nitrogens is 1. The number of nitrogens with zero attached hydrogens (tertiary/aromatic N) is 1. The fourth-order valence-corrected chi connectivity index (χ4v) is 2.34. The number of nitrogens with one attached hydrogen (secondary N) is 2. The van der Waals surface area contributed by atoms with Gasteiger partial charge in [-0.05, 0) is 50.3 Å². The maximum absolute atomic E-state index is 11.5. The molecule has 1 saturated heterocycles. The lowest BCUT2D eigenvalue weighted by Gasteiger charge is -2.22. The molecule has 0 spiro atoms. The Kier molecular flexibility index (Phi) is 3.94. The number of piperidine rings is 1. The van der Waals surface area contributed by atoms with Crippen molar-refractivity contribution in [2.24, 2.45) is 5.92 Å². The van der Waals surface area contributed by atoms with Gasteiger partial charge < -0.3 is 10.3 Å². The first-order valence-electron chi connectivity index (χ1n) is 6.46. The molecule has 1 aromatic rings. The van der Waals surface area contributed by atoms with Gasteiger partial charge in [0.05, 0.1) is 5.69 Å². The second kappa shape index (κ2) is 5.45. The maximum atomic E-state index is 11.5. The molecule has 0 radical (unpaired) electrons. The van der Waals surface area contributed by atoms with Crippen LogP contribution in [0.2, 0.25) is 0 Å². The number of rotatable bonds is 3. The summed E-state index contributed by atoms with van der Waals surface area (Å²) in [5.41, 5.74) is 1.71. The molecule has 1 aromatic heterocycles. The minimum absolute atomic E-state index is 0.213. The summed E-state index contributed by atoms with van der Waals surface area (Å²) < 4.78 is 0. The van der Waals surface area contributed by atoms with E-state index in [9.17, 15) is 4.79 Å². The van der Waals surface area contributed by atoms with E-state index in [0.717, 1.165) is 30.9 Å². The van der Waals surface area contributed by atoms with Crippen molar-refractivity contribution in [3.8, 4) is 0 Å². The van der Waals surface area contributed by atoms with Crippen molar-refractivity contribution < 1.29 is 0 Å². The second-order valence-corrected chi connectivity index (χ2v) is 5.21. The fourth-order valence-electron chi connectivity index (χ4n) is 2.34. The first-order chi connectivity index (χ1) is 8.15. The highest BCUT2D eigenvalue weighted by Gasteiger charge is 2.15. The molecule has 0 saturated carbocycles. The average molecular weight is 235 g/mol. The lowest BCUT2D eigenvalue weighted by molar-refractivity contribution is 0.373. The molecule has 2 rings (SSSR count). The third kappa shape index (κ3) is 3.40. The lowest BCUT2D eigenvalue weighted by atomic mass is 9.94. The smallest absolute Gasteiger partial charge is 0.316 e. The van der Waals surface area contributed by atoms with E-state index in [0.29, 0.717) is 11.8 Å². The number of hydrogen-bond donors (Lipinski definition) is 2. The standard InChI is InChI=1S/C13H21N3O/c1-9(2)12-7-11(15-13(17)16-12)6-10-4-3-5-14-8-10/h7,9-10,14H,3-6,8H2,1-2H3,(H,15,16,17). The lowest BCUT2D eigenvalue weighted by Crippen LogP contribution is -2.31. The van der Waals surface area contributed by atoms with Crippen molar-refractivity contribution in [2.75, 3.05) is 13.1 Å². The summed E-state index contributed by atoms with van der Waals surface area (Å²) in [5, 5.41) is 3.40. The van der Waals surface area contributed by atoms with Gasteiger partial charge in [-0.15, -0.1) is 0 Å². The molecule has 0 bridgehead atoms. The van der Waals surface area contributed by atoms with E-state index in [-0.39, 0.29) is 5.69 Å². The molecule has 0 amide bonds. The monoisotopic (exact) mass is 235 g/mol.